The summed E-state index contributed by atoms with van der Waals surface area (Å²) in [4.78, 5) is 25.1. The van der Waals surface area contributed by atoms with Gasteiger partial charge in [0, 0.05) is 32.3 Å². The molecular weight excluding hydrogens is 282 g/mol. The lowest BCUT2D eigenvalue weighted by Crippen LogP contribution is -2.43. The van der Waals surface area contributed by atoms with Crippen molar-refractivity contribution in [2.24, 2.45) is 5.73 Å². The average Bonchev–Trinajstić information content (AvgIpc) is 2.88. The van der Waals surface area contributed by atoms with Crippen molar-refractivity contribution in [1.82, 2.24) is 10.2 Å². The highest BCUT2D eigenvalue weighted by molar-refractivity contribution is 7.90. The molecule has 1 heterocycles. The molecule has 0 saturated carbocycles. The van der Waals surface area contributed by atoms with Gasteiger partial charge in [-0.2, -0.15) is 0 Å². The third kappa shape index (κ3) is 6.33. The minimum Gasteiger partial charge on any atom is -0.354 e. The van der Waals surface area contributed by atoms with Crippen LogP contribution in [0.25, 0.3) is 0 Å². The first-order valence-electron chi connectivity index (χ1n) is 6.78. The molecule has 1 rings (SSSR count). The Kier molecular flexibility index (Phi) is 6.41. The highest BCUT2D eigenvalue weighted by Crippen LogP contribution is 2.08. The Labute approximate surface area is 119 Å². The molecule has 3 N–H and O–H groups in total. The van der Waals surface area contributed by atoms with Gasteiger partial charge in [0.05, 0.1) is 11.8 Å². The van der Waals surface area contributed by atoms with Crippen LogP contribution in [0.5, 0.6) is 0 Å². The van der Waals surface area contributed by atoms with Gasteiger partial charge in [-0.1, -0.05) is 0 Å². The van der Waals surface area contributed by atoms with Gasteiger partial charge in [-0.25, -0.2) is 8.42 Å². The molecule has 1 saturated heterocycles. The first-order valence-corrected chi connectivity index (χ1v) is 8.84. The van der Waals surface area contributed by atoms with E-state index in [0.29, 0.717) is 0 Å². The summed E-state index contributed by atoms with van der Waals surface area (Å²) in [5.74, 6) is -0.496. The molecule has 2 amide bonds. The number of nitrogens with two attached hydrogens (primary N) is 1. The van der Waals surface area contributed by atoms with Crippen LogP contribution in [0.15, 0.2) is 0 Å². The van der Waals surface area contributed by atoms with Crippen LogP contribution >= 0.6 is 0 Å². The lowest BCUT2D eigenvalue weighted by atomic mass is 10.2. The largest absolute Gasteiger partial charge is 0.354 e. The fourth-order valence-corrected chi connectivity index (χ4v) is 2.70. The molecule has 0 bridgehead atoms. The summed E-state index contributed by atoms with van der Waals surface area (Å²) in [5.41, 5.74) is 5.59. The second-order valence-electron chi connectivity index (χ2n) is 5.15. The summed E-state index contributed by atoms with van der Waals surface area (Å²) in [6.07, 6.45) is 3.52. The molecule has 0 aromatic heterocycles. The number of rotatable bonds is 7. The van der Waals surface area contributed by atoms with Gasteiger partial charge in [-0.05, 0) is 19.3 Å². The maximum absolute atomic E-state index is 11.7. The monoisotopic (exact) mass is 305 g/mol. The number of nitrogens with one attached hydrogen (secondary N) is 1. The van der Waals surface area contributed by atoms with E-state index in [9.17, 15) is 18.0 Å². The van der Waals surface area contributed by atoms with E-state index in [1.165, 1.54) is 0 Å². The second-order valence-corrected chi connectivity index (χ2v) is 7.41. The highest BCUT2D eigenvalue weighted by Gasteiger charge is 2.19. The number of hydrogen-bond donors (Lipinski definition) is 2. The van der Waals surface area contributed by atoms with E-state index in [-0.39, 0.29) is 31.0 Å². The molecule has 20 heavy (non-hydrogen) atoms. The van der Waals surface area contributed by atoms with E-state index in [1.54, 1.807) is 4.90 Å². The predicted molar refractivity (Wildman–Crippen MR) is 75.7 cm³/mol. The van der Waals surface area contributed by atoms with Crippen molar-refractivity contribution in [2.75, 3.05) is 31.6 Å². The molecule has 1 atom stereocenters. The van der Waals surface area contributed by atoms with Gasteiger partial charge in [0.1, 0.15) is 9.84 Å². The van der Waals surface area contributed by atoms with Crippen LogP contribution in [0.4, 0.5) is 0 Å². The smallest absolute Gasteiger partial charge is 0.236 e. The molecule has 1 fully saturated rings. The molecule has 0 spiro atoms. The zero-order valence-electron chi connectivity index (χ0n) is 11.8. The number of carbonyl (C=O) groups is 2. The van der Waals surface area contributed by atoms with Crippen LogP contribution in [-0.4, -0.2) is 62.8 Å². The van der Waals surface area contributed by atoms with Crippen molar-refractivity contribution in [2.45, 2.75) is 31.7 Å². The first kappa shape index (κ1) is 16.9. The second kappa shape index (κ2) is 7.58. The van der Waals surface area contributed by atoms with Gasteiger partial charge < -0.3 is 16.0 Å². The van der Waals surface area contributed by atoms with Crippen LogP contribution in [0.3, 0.4) is 0 Å². The third-order valence-electron chi connectivity index (χ3n) is 3.23. The zero-order chi connectivity index (χ0) is 15.2. The number of nitrogens with zero attached hydrogens (tertiary/aromatic N) is 1. The van der Waals surface area contributed by atoms with E-state index in [4.69, 9.17) is 5.73 Å². The molecular formula is C12H23N3O4S. The summed E-state index contributed by atoms with van der Waals surface area (Å²) in [6, 6.07) is -0.855. The third-order valence-corrected chi connectivity index (χ3v) is 4.21. The molecule has 0 radical (unpaired) electrons. The summed E-state index contributed by atoms with van der Waals surface area (Å²) in [6.45, 7) is 1.82. The van der Waals surface area contributed by atoms with Gasteiger partial charge >= 0.3 is 0 Å². The van der Waals surface area contributed by atoms with Gasteiger partial charge in [0.15, 0.2) is 0 Å². The van der Waals surface area contributed by atoms with E-state index in [2.05, 4.69) is 5.32 Å². The van der Waals surface area contributed by atoms with Crippen molar-refractivity contribution in [3.63, 3.8) is 0 Å². The Balaban J connectivity index is 2.20. The highest BCUT2D eigenvalue weighted by atomic mass is 32.2. The molecule has 1 unspecified atom stereocenters. The number of amides is 2. The first-order chi connectivity index (χ1) is 9.29. The van der Waals surface area contributed by atoms with Gasteiger partial charge in [-0.3, -0.25) is 9.59 Å². The lowest BCUT2D eigenvalue weighted by Gasteiger charge is -2.16. The normalized spacial score (nSPS) is 17.0. The average molecular weight is 305 g/mol. The number of hydrogen-bond acceptors (Lipinski definition) is 5. The zero-order valence-corrected chi connectivity index (χ0v) is 12.6. The predicted octanol–water partition coefficient (Wildman–Crippen LogP) is -1.12. The molecule has 7 nitrogen and oxygen atoms in total. The number of likely N-dealkylation sites (tertiary alicyclic amines) is 1. The Hall–Kier alpha value is -1.15. The molecule has 0 aliphatic carbocycles. The van der Waals surface area contributed by atoms with Crippen LogP contribution in [-0.2, 0) is 19.4 Å². The molecule has 1 aliphatic rings. The maximum Gasteiger partial charge on any atom is 0.236 e. The Morgan fingerprint density at radius 1 is 1.30 bits per heavy atom. The fraction of sp³-hybridized carbons (Fsp3) is 0.833. The SMILES string of the molecule is CS(=O)(=O)CCC(N)C(=O)NCCC(=O)N1CCCC1. The summed E-state index contributed by atoms with van der Waals surface area (Å²) >= 11 is 0. The molecule has 116 valence electrons. The van der Waals surface area contributed by atoms with E-state index < -0.39 is 21.8 Å². The van der Waals surface area contributed by atoms with E-state index >= 15 is 0 Å². The molecule has 8 heteroatoms. The van der Waals surface area contributed by atoms with Crippen molar-refractivity contribution >= 4 is 21.7 Å². The quantitative estimate of drug-likeness (QED) is 0.619. The standard InChI is InChI=1S/C12H23N3O4S/c1-20(18,19)9-5-10(13)12(17)14-6-4-11(16)15-7-2-3-8-15/h10H,2-9,13H2,1H3,(H,14,17). The van der Waals surface area contributed by atoms with Crippen molar-refractivity contribution < 1.29 is 18.0 Å². The van der Waals surface area contributed by atoms with Crippen molar-refractivity contribution in [1.29, 1.82) is 0 Å². The minimum atomic E-state index is -3.12. The fourth-order valence-electron chi connectivity index (χ4n) is 2.02. The van der Waals surface area contributed by atoms with Crippen molar-refractivity contribution in [3.05, 3.63) is 0 Å². The molecule has 0 aromatic carbocycles. The van der Waals surface area contributed by atoms with Gasteiger partial charge in [0.2, 0.25) is 11.8 Å². The topological polar surface area (TPSA) is 110 Å². The number of sulfone groups is 1. The summed E-state index contributed by atoms with van der Waals surface area (Å²) < 4.78 is 21.9. The Morgan fingerprint density at radius 2 is 1.90 bits per heavy atom. The summed E-state index contributed by atoms with van der Waals surface area (Å²) in [5, 5.41) is 2.57. The van der Waals surface area contributed by atoms with E-state index in [0.717, 1.165) is 32.2 Å². The van der Waals surface area contributed by atoms with E-state index in [1.807, 2.05) is 0 Å². The van der Waals surface area contributed by atoms with Crippen LogP contribution in [0, 0.1) is 0 Å². The number of carbonyl (C=O) groups excluding carboxylic acids is 2. The maximum atomic E-state index is 11.7. The van der Waals surface area contributed by atoms with Gasteiger partial charge in [0.25, 0.3) is 0 Å². The van der Waals surface area contributed by atoms with Crippen LogP contribution in [0.2, 0.25) is 0 Å². The Morgan fingerprint density at radius 3 is 2.45 bits per heavy atom. The minimum absolute atomic E-state index is 0.0347. The lowest BCUT2D eigenvalue weighted by molar-refractivity contribution is -0.130. The summed E-state index contributed by atoms with van der Waals surface area (Å²) in [7, 11) is -3.12. The van der Waals surface area contributed by atoms with Crippen LogP contribution < -0.4 is 11.1 Å². The molecule has 0 aromatic rings. The Bertz CT molecular complexity index is 444. The van der Waals surface area contributed by atoms with Crippen LogP contribution in [0.1, 0.15) is 25.7 Å². The van der Waals surface area contributed by atoms with Gasteiger partial charge in [-0.15, -0.1) is 0 Å². The molecule has 1 aliphatic heterocycles. The van der Waals surface area contributed by atoms with Crippen molar-refractivity contribution in [3.8, 4) is 0 Å².